The van der Waals surface area contributed by atoms with Crippen LogP contribution in [0.5, 0.6) is 5.75 Å². The molecule has 1 aliphatic heterocycles. The van der Waals surface area contributed by atoms with Crippen LogP contribution in [0.3, 0.4) is 0 Å². The first-order chi connectivity index (χ1) is 15.8. The molecule has 3 aromatic carbocycles. The summed E-state index contributed by atoms with van der Waals surface area (Å²) in [4.78, 5) is 51.1. The number of nitrogens with one attached hydrogen (secondary N) is 1. The Labute approximate surface area is 190 Å². The fourth-order valence-electron chi connectivity index (χ4n) is 3.70. The van der Waals surface area contributed by atoms with Crippen LogP contribution in [0.25, 0.3) is 0 Å². The molecule has 3 N–H and O–H groups in total. The van der Waals surface area contributed by atoms with Gasteiger partial charge in [-0.2, -0.15) is 0 Å². The lowest BCUT2D eigenvalue weighted by atomic mass is 10.0. The second kappa shape index (κ2) is 8.58. The number of nitrogens with zero attached hydrogens (tertiary/aromatic N) is 1. The summed E-state index contributed by atoms with van der Waals surface area (Å²) >= 11 is 0. The van der Waals surface area contributed by atoms with Crippen molar-refractivity contribution in [3.8, 4) is 5.75 Å². The van der Waals surface area contributed by atoms with Gasteiger partial charge in [-0.1, -0.05) is 0 Å². The van der Waals surface area contributed by atoms with Gasteiger partial charge in [0.2, 0.25) is 5.91 Å². The number of benzene rings is 3. The number of anilines is 2. The second-order valence-electron chi connectivity index (χ2n) is 7.48. The first kappa shape index (κ1) is 21.8. The Morgan fingerprint density at radius 1 is 0.939 bits per heavy atom. The van der Waals surface area contributed by atoms with E-state index in [9.17, 15) is 19.2 Å². The highest BCUT2D eigenvalue weighted by atomic mass is 16.5. The highest BCUT2D eigenvalue weighted by Crippen LogP contribution is 2.30. The molecule has 0 atom stereocenters. The molecule has 33 heavy (non-hydrogen) atoms. The van der Waals surface area contributed by atoms with Gasteiger partial charge in [0.25, 0.3) is 17.7 Å². The van der Waals surface area contributed by atoms with Gasteiger partial charge >= 0.3 is 0 Å². The molecular weight excluding hydrogens is 422 g/mol. The van der Waals surface area contributed by atoms with E-state index in [1.165, 1.54) is 24.3 Å². The number of amides is 4. The lowest BCUT2D eigenvalue weighted by Crippen LogP contribution is -2.29. The van der Waals surface area contributed by atoms with Gasteiger partial charge in [-0.05, 0) is 80.1 Å². The normalized spacial score (nSPS) is 12.5. The predicted molar refractivity (Wildman–Crippen MR) is 123 cm³/mol. The maximum Gasteiger partial charge on any atom is 0.266 e. The largest absolute Gasteiger partial charge is 0.494 e. The molecule has 0 radical (unpaired) electrons. The molecule has 0 saturated heterocycles. The fourth-order valence-corrected chi connectivity index (χ4v) is 3.70. The number of rotatable bonds is 6. The number of aryl methyl sites for hydroxylation is 1. The summed E-state index contributed by atoms with van der Waals surface area (Å²) in [6, 6.07) is 15.8. The zero-order valence-corrected chi connectivity index (χ0v) is 18.0. The van der Waals surface area contributed by atoms with Crippen LogP contribution in [0, 0.1) is 6.92 Å². The van der Waals surface area contributed by atoms with Crippen LogP contribution >= 0.6 is 0 Å². The summed E-state index contributed by atoms with van der Waals surface area (Å²) in [5.41, 5.74) is 7.80. The minimum absolute atomic E-state index is 0.154. The van der Waals surface area contributed by atoms with Gasteiger partial charge in [-0.3, -0.25) is 19.2 Å². The van der Waals surface area contributed by atoms with Crippen LogP contribution < -0.4 is 20.7 Å². The molecule has 3 aromatic rings. The molecule has 0 spiro atoms. The number of carbonyl (C=O) groups is 4. The van der Waals surface area contributed by atoms with E-state index >= 15 is 0 Å². The summed E-state index contributed by atoms with van der Waals surface area (Å²) in [6.07, 6.45) is 0. The third-order valence-electron chi connectivity index (χ3n) is 5.30. The van der Waals surface area contributed by atoms with Crippen molar-refractivity contribution >= 4 is 35.0 Å². The van der Waals surface area contributed by atoms with E-state index in [0.29, 0.717) is 34.9 Å². The topological polar surface area (TPSA) is 119 Å². The van der Waals surface area contributed by atoms with Crippen molar-refractivity contribution in [2.75, 3.05) is 16.8 Å². The smallest absolute Gasteiger partial charge is 0.266 e. The van der Waals surface area contributed by atoms with Crippen LogP contribution in [-0.2, 0) is 0 Å². The molecule has 0 aromatic heterocycles. The van der Waals surface area contributed by atoms with E-state index < -0.39 is 23.6 Å². The third kappa shape index (κ3) is 4.06. The average molecular weight is 443 g/mol. The summed E-state index contributed by atoms with van der Waals surface area (Å²) in [6.45, 7) is 4.08. The van der Waals surface area contributed by atoms with Crippen LogP contribution in [-0.4, -0.2) is 30.2 Å². The Hall–Kier alpha value is -4.46. The molecule has 166 valence electrons. The molecule has 0 unspecified atom stereocenters. The highest BCUT2D eigenvalue weighted by molar-refractivity contribution is 6.34. The second-order valence-corrected chi connectivity index (χ2v) is 7.48. The predicted octanol–water partition coefficient (Wildman–Crippen LogP) is 3.55. The summed E-state index contributed by atoms with van der Waals surface area (Å²) < 4.78 is 5.40. The van der Waals surface area contributed by atoms with Gasteiger partial charge in [0.05, 0.1) is 23.4 Å². The Balaban J connectivity index is 1.57. The molecule has 4 amide bonds. The fraction of sp³-hybridized carbons (Fsp3) is 0.120. The zero-order chi connectivity index (χ0) is 23.7. The Bertz CT molecular complexity index is 1300. The lowest BCUT2D eigenvalue weighted by molar-refractivity contribution is 0.0923. The van der Waals surface area contributed by atoms with Gasteiger partial charge in [-0.25, -0.2) is 4.90 Å². The molecule has 0 aliphatic carbocycles. The number of fused-ring (bicyclic) bond motifs is 1. The van der Waals surface area contributed by atoms with E-state index in [2.05, 4.69) is 5.32 Å². The van der Waals surface area contributed by atoms with Crippen LogP contribution in [0.15, 0.2) is 60.7 Å². The van der Waals surface area contributed by atoms with Gasteiger partial charge in [-0.15, -0.1) is 0 Å². The molecular formula is C25H21N3O5. The lowest BCUT2D eigenvalue weighted by Gasteiger charge is -2.14. The van der Waals surface area contributed by atoms with Crippen LogP contribution in [0.1, 0.15) is 53.9 Å². The van der Waals surface area contributed by atoms with Crippen molar-refractivity contribution in [2.45, 2.75) is 13.8 Å². The quantitative estimate of drug-likeness (QED) is 0.565. The molecule has 4 rings (SSSR count). The van der Waals surface area contributed by atoms with E-state index in [0.717, 1.165) is 4.90 Å². The first-order valence-electron chi connectivity index (χ1n) is 10.3. The Morgan fingerprint density at radius 2 is 1.64 bits per heavy atom. The summed E-state index contributed by atoms with van der Waals surface area (Å²) in [7, 11) is 0. The Kier molecular flexibility index (Phi) is 5.66. The number of imide groups is 1. The summed E-state index contributed by atoms with van der Waals surface area (Å²) in [5.74, 6) is -1.33. The van der Waals surface area contributed by atoms with E-state index in [1.807, 2.05) is 6.92 Å². The Morgan fingerprint density at radius 3 is 2.27 bits per heavy atom. The highest BCUT2D eigenvalue weighted by Gasteiger charge is 2.37. The van der Waals surface area contributed by atoms with Gasteiger partial charge in [0.15, 0.2) is 0 Å². The SMILES string of the molecule is CCOc1ccc(N2C(=O)c3ccc(C(=O)Nc4ccc(C(N)=O)c(C)c4)cc3C2=O)cc1. The van der Waals surface area contributed by atoms with Crippen molar-refractivity contribution in [3.63, 3.8) is 0 Å². The monoisotopic (exact) mass is 443 g/mol. The minimum Gasteiger partial charge on any atom is -0.494 e. The van der Waals surface area contributed by atoms with Crippen molar-refractivity contribution < 1.29 is 23.9 Å². The standard InChI is InChI=1S/C25H21N3O5/c1-3-33-18-8-6-17(7-9-18)28-24(31)20-10-4-15(13-21(20)25(28)32)23(30)27-16-5-11-19(22(26)29)14(2)12-16/h4-13H,3H2,1-2H3,(H2,26,29)(H,27,30). The maximum atomic E-state index is 13.0. The number of primary amides is 1. The molecule has 8 heteroatoms. The van der Waals surface area contributed by atoms with Crippen molar-refractivity contribution in [1.29, 1.82) is 0 Å². The third-order valence-corrected chi connectivity index (χ3v) is 5.30. The van der Waals surface area contributed by atoms with Gasteiger partial charge < -0.3 is 15.8 Å². The number of ether oxygens (including phenoxy) is 1. The van der Waals surface area contributed by atoms with Gasteiger partial charge in [0, 0.05) is 16.8 Å². The summed E-state index contributed by atoms with van der Waals surface area (Å²) in [5, 5.41) is 2.73. The van der Waals surface area contributed by atoms with Crippen molar-refractivity contribution in [2.24, 2.45) is 5.73 Å². The molecule has 8 nitrogen and oxygen atoms in total. The van der Waals surface area contributed by atoms with Crippen LogP contribution in [0.4, 0.5) is 11.4 Å². The molecule has 0 bridgehead atoms. The average Bonchev–Trinajstić information content (AvgIpc) is 3.04. The number of nitrogens with two attached hydrogens (primary N) is 1. The number of carbonyl (C=O) groups excluding carboxylic acids is 4. The van der Waals surface area contributed by atoms with Crippen molar-refractivity contribution in [3.05, 3.63) is 88.5 Å². The molecule has 1 heterocycles. The molecule has 0 fully saturated rings. The van der Waals surface area contributed by atoms with Crippen LogP contribution in [0.2, 0.25) is 0 Å². The minimum atomic E-state index is -0.552. The van der Waals surface area contributed by atoms with Gasteiger partial charge in [0.1, 0.15) is 5.75 Å². The maximum absolute atomic E-state index is 13.0. The van der Waals surface area contributed by atoms with E-state index in [1.54, 1.807) is 43.3 Å². The zero-order valence-electron chi connectivity index (χ0n) is 18.0. The molecule has 1 aliphatic rings. The van der Waals surface area contributed by atoms with E-state index in [4.69, 9.17) is 10.5 Å². The first-order valence-corrected chi connectivity index (χ1v) is 10.3. The van der Waals surface area contributed by atoms with Crippen molar-refractivity contribution in [1.82, 2.24) is 0 Å². The number of hydrogen-bond donors (Lipinski definition) is 2. The molecule has 0 saturated carbocycles. The van der Waals surface area contributed by atoms with E-state index in [-0.39, 0.29) is 16.7 Å². The number of hydrogen-bond acceptors (Lipinski definition) is 5.